The molecular weight excluding hydrogens is 356 g/mol. The normalized spacial score (nSPS) is 10.8. The summed E-state index contributed by atoms with van der Waals surface area (Å²) in [6, 6.07) is 1.90. The van der Waals surface area contributed by atoms with Crippen LogP contribution in [0, 0.1) is 27.7 Å². The highest BCUT2D eigenvalue weighted by atomic mass is 16.2. The molecule has 2 aromatic rings. The summed E-state index contributed by atoms with van der Waals surface area (Å²) >= 11 is 0. The SMILES string of the molecule is CCN(CC)C(=O)CN(C)C(=O)Cc1c(C)nn(-c2nc(C)cc(C)n2)c1C. The summed E-state index contributed by atoms with van der Waals surface area (Å²) in [4.78, 5) is 37.1. The number of amides is 2. The van der Waals surface area contributed by atoms with Crippen LogP contribution in [0.15, 0.2) is 6.07 Å². The molecule has 28 heavy (non-hydrogen) atoms. The Balaban J connectivity index is 2.19. The maximum absolute atomic E-state index is 12.7. The van der Waals surface area contributed by atoms with Crippen LogP contribution >= 0.6 is 0 Å². The lowest BCUT2D eigenvalue weighted by atomic mass is 10.1. The quantitative estimate of drug-likeness (QED) is 0.724. The molecule has 0 aliphatic rings. The molecule has 0 spiro atoms. The largest absolute Gasteiger partial charge is 0.342 e. The number of rotatable bonds is 7. The summed E-state index contributed by atoms with van der Waals surface area (Å²) < 4.78 is 1.68. The second-order valence-corrected chi connectivity index (χ2v) is 7.00. The fourth-order valence-electron chi connectivity index (χ4n) is 3.18. The van der Waals surface area contributed by atoms with Gasteiger partial charge in [-0.2, -0.15) is 5.10 Å². The first-order chi connectivity index (χ1) is 13.2. The second-order valence-electron chi connectivity index (χ2n) is 7.00. The molecule has 0 aromatic carbocycles. The maximum Gasteiger partial charge on any atom is 0.251 e. The van der Waals surface area contributed by atoms with Gasteiger partial charge in [-0.15, -0.1) is 0 Å². The zero-order valence-electron chi connectivity index (χ0n) is 17.9. The van der Waals surface area contributed by atoms with Gasteiger partial charge in [0.2, 0.25) is 11.8 Å². The second kappa shape index (κ2) is 8.95. The van der Waals surface area contributed by atoms with Crippen LogP contribution in [0.1, 0.15) is 42.2 Å². The number of carbonyl (C=O) groups excluding carboxylic acids is 2. The summed E-state index contributed by atoms with van der Waals surface area (Å²) in [6.45, 7) is 12.8. The number of carbonyl (C=O) groups is 2. The Bertz CT molecular complexity index is 850. The highest BCUT2D eigenvalue weighted by Gasteiger charge is 2.21. The molecule has 2 aromatic heterocycles. The van der Waals surface area contributed by atoms with Crippen molar-refractivity contribution in [1.82, 2.24) is 29.5 Å². The number of hydrogen-bond acceptors (Lipinski definition) is 5. The van der Waals surface area contributed by atoms with Crippen molar-refractivity contribution >= 4 is 11.8 Å². The number of likely N-dealkylation sites (N-methyl/N-ethyl adjacent to an activating group) is 2. The Morgan fingerprint density at radius 3 is 2.11 bits per heavy atom. The minimum atomic E-state index is -0.118. The standard InChI is InChI=1S/C20H30N6O2/c1-8-25(9-2)19(28)12-24(7)18(27)11-17-15(5)23-26(16(17)6)20-21-13(3)10-14(4)22-20/h10H,8-9,11-12H2,1-7H3. The molecule has 0 saturated heterocycles. The van der Waals surface area contributed by atoms with Gasteiger partial charge in [0.1, 0.15) is 0 Å². The van der Waals surface area contributed by atoms with Crippen LogP contribution in [0.4, 0.5) is 0 Å². The van der Waals surface area contributed by atoms with Gasteiger partial charge in [-0.25, -0.2) is 14.6 Å². The van der Waals surface area contributed by atoms with E-state index in [0.29, 0.717) is 19.0 Å². The average molecular weight is 387 g/mol. The highest BCUT2D eigenvalue weighted by Crippen LogP contribution is 2.18. The molecule has 0 fully saturated rings. The third kappa shape index (κ3) is 4.74. The summed E-state index contributed by atoms with van der Waals surface area (Å²) in [5, 5.41) is 4.54. The van der Waals surface area contributed by atoms with Crippen LogP contribution < -0.4 is 0 Å². The molecule has 152 valence electrons. The van der Waals surface area contributed by atoms with Gasteiger partial charge in [0.15, 0.2) is 0 Å². The predicted octanol–water partition coefficient (Wildman–Crippen LogP) is 1.77. The van der Waals surface area contributed by atoms with Crippen LogP contribution in [0.25, 0.3) is 5.95 Å². The van der Waals surface area contributed by atoms with Crippen molar-refractivity contribution in [3.05, 3.63) is 34.4 Å². The van der Waals surface area contributed by atoms with E-state index in [2.05, 4.69) is 15.1 Å². The molecule has 0 atom stereocenters. The molecule has 0 radical (unpaired) electrons. The molecular formula is C20H30N6O2. The lowest BCUT2D eigenvalue weighted by molar-refractivity contribution is -0.138. The monoisotopic (exact) mass is 386 g/mol. The molecule has 0 aliphatic carbocycles. The first-order valence-corrected chi connectivity index (χ1v) is 9.57. The summed E-state index contributed by atoms with van der Waals surface area (Å²) in [7, 11) is 1.66. The van der Waals surface area contributed by atoms with Crippen molar-refractivity contribution in [3.63, 3.8) is 0 Å². The van der Waals surface area contributed by atoms with Crippen LogP contribution in [-0.4, -0.2) is 68.0 Å². The van der Waals surface area contributed by atoms with E-state index in [-0.39, 0.29) is 24.8 Å². The van der Waals surface area contributed by atoms with Gasteiger partial charge in [-0.1, -0.05) is 0 Å². The van der Waals surface area contributed by atoms with Crippen LogP contribution in [0.2, 0.25) is 0 Å². The van der Waals surface area contributed by atoms with E-state index in [4.69, 9.17) is 0 Å². The third-order valence-corrected chi connectivity index (χ3v) is 4.84. The Hall–Kier alpha value is -2.77. The minimum Gasteiger partial charge on any atom is -0.342 e. The number of aromatic nitrogens is 4. The lowest BCUT2D eigenvalue weighted by Gasteiger charge is -2.23. The molecule has 0 saturated carbocycles. The average Bonchev–Trinajstić information content (AvgIpc) is 2.90. The van der Waals surface area contributed by atoms with Crippen molar-refractivity contribution < 1.29 is 9.59 Å². The van der Waals surface area contributed by atoms with Crippen molar-refractivity contribution in [2.45, 2.75) is 48.0 Å². The van der Waals surface area contributed by atoms with Crippen molar-refractivity contribution in [3.8, 4) is 5.95 Å². The van der Waals surface area contributed by atoms with Gasteiger partial charge in [0.25, 0.3) is 5.95 Å². The molecule has 0 N–H and O–H groups in total. The fourth-order valence-corrected chi connectivity index (χ4v) is 3.18. The zero-order chi connectivity index (χ0) is 21.0. The van der Waals surface area contributed by atoms with Crippen LogP contribution in [0.5, 0.6) is 0 Å². The van der Waals surface area contributed by atoms with E-state index in [1.165, 1.54) is 4.90 Å². The maximum atomic E-state index is 12.7. The summed E-state index contributed by atoms with van der Waals surface area (Å²) in [5.41, 5.74) is 4.16. The van der Waals surface area contributed by atoms with Crippen molar-refractivity contribution in [1.29, 1.82) is 0 Å². The molecule has 8 nitrogen and oxygen atoms in total. The summed E-state index contributed by atoms with van der Waals surface area (Å²) in [6.07, 6.45) is 0.185. The number of nitrogens with zero attached hydrogens (tertiary/aromatic N) is 6. The molecule has 0 bridgehead atoms. The third-order valence-electron chi connectivity index (χ3n) is 4.84. The first-order valence-electron chi connectivity index (χ1n) is 9.57. The summed E-state index contributed by atoms with van der Waals surface area (Å²) in [5.74, 6) is 0.336. The van der Waals surface area contributed by atoms with E-state index in [9.17, 15) is 9.59 Å². The van der Waals surface area contributed by atoms with E-state index in [0.717, 1.165) is 28.3 Å². The first kappa shape index (κ1) is 21.5. The minimum absolute atomic E-state index is 0.0476. The van der Waals surface area contributed by atoms with Gasteiger partial charge in [-0.05, 0) is 47.6 Å². The van der Waals surface area contributed by atoms with E-state index in [1.807, 2.05) is 47.6 Å². The number of hydrogen-bond donors (Lipinski definition) is 0. The Morgan fingerprint density at radius 1 is 1.00 bits per heavy atom. The van der Waals surface area contributed by atoms with Gasteiger partial charge in [0, 0.05) is 42.8 Å². The molecule has 0 aliphatic heterocycles. The fraction of sp³-hybridized carbons (Fsp3) is 0.550. The highest BCUT2D eigenvalue weighted by molar-refractivity contribution is 5.85. The lowest BCUT2D eigenvalue weighted by Crippen LogP contribution is -2.41. The van der Waals surface area contributed by atoms with Crippen molar-refractivity contribution in [2.75, 3.05) is 26.7 Å². The van der Waals surface area contributed by atoms with E-state index < -0.39 is 0 Å². The van der Waals surface area contributed by atoms with E-state index in [1.54, 1.807) is 16.6 Å². The van der Waals surface area contributed by atoms with Gasteiger partial charge in [0.05, 0.1) is 18.7 Å². The topological polar surface area (TPSA) is 84.2 Å². The Kier molecular flexibility index (Phi) is 6.88. The molecule has 2 rings (SSSR count). The van der Waals surface area contributed by atoms with Gasteiger partial charge >= 0.3 is 0 Å². The Labute approximate surface area is 166 Å². The molecule has 0 unspecified atom stereocenters. The Morgan fingerprint density at radius 2 is 1.57 bits per heavy atom. The smallest absolute Gasteiger partial charge is 0.251 e. The van der Waals surface area contributed by atoms with E-state index >= 15 is 0 Å². The molecule has 2 amide bonds. The van der Waals surface area contributed by atoms with Crippen LogP contribution in [0.3, 0.4) is 0 Å². The predicted molar refractivity (Wildman–Crippen MR) is 107 cm³/mol. The van der Waals surface area contributed by atoms with Crippen molar-refractivity contribution in [2.24, 2.45) is 0 Å². The zero-order valence-corrected chi connectivity index (χ0v) is 17.9. The van der Waals surface area contributed by atoms with Gasteiger partial charge < -0.3 is 9.80 Å². The molecule has 2 heterocycles. The number of aryl methyl sites for hydroxylation is 3. The molecule has 8 heteroatoms. The van der Waals surface area contributed by atoms with Gasteiger partial charge in [-0.3, -0.25) is 9.59 Å². The van der Waals surface area contributed by atoms with Crippen LogP contribution in [-0.2, 0) is 16.0 Å².